The Balaban J connectivity index is 1.66. The van der Waals surface area contributed by atoms with E-state index in [-0.39, 0.29) is 0 Å². The van der Waals surface area contributed by atoms with Crippen molar-refractivity contribution in [2.24, 2.45) is 10.2 Å². The van der Waals surface area contributed by atoms with Crippen LogP contribution in [0.1, 0.15) is 33.6 Å². The third-order valence-corrected chi connectivity index (χ3v) is 5.20. The Kier molecular flexibility index (Phi) is 3.50. The van der Waals surface area contributed by atoms with E-state index in [4.69, 9.17) is 0 Å². The van der Waals surface area contributed by atoms with E-state index >= 15 is 0 Å². The number of nitrogens with zero attached hydrogens (tertiary/aromatic N) is 3. The largest absolute Gasteiger partial charge is 0.371 e. The van der Waals surface area contributed by atoms with E-state index in [1.165, 1.54) is 54.1 Å². The number of carbonyl (C=O) groups is 1. The van der Waals surface area contributed by atoms with Gasteiger partial charge in [0.1, 0.15) is 5.00 Å². The van der Waals surface area contributed by atoms with Crippen LogP contribution in [0.2, 0.25) is 0 Å². The third kappa shape index (κ3) is 2.46. The monoisotopic (exact) mass is 311 g/mol. The van der Waals surface area contributed by atoms with Gasteiger partial charge in [0, 0.05) is 18.8 Å². The van der Waals surface area contributed by atoms with Crippen molar-refractivity contribution in [2.75, 3.05) is 18.0 Å². The van der Waals surface area contributed by atoms with Crippen molar-refractivity contribution in [1.82, 2.24) is 0 Å². The fourth-order valence-electron chi connectivity index (χ4n) is 3.41. The molecular weight excluding hydrogens is 294 g/mol. The lowest BCUT2D eigenvalue weighted by Crippen LogP contribution is -2.34. The molecule has 2 aliphatic heterocycles. The molecule has 0 atom stereocenters. The number of anilines is 1. The number of rotatable bonds is 3. The summed E-state index contributed by atoms with van der Waals surface area (Å²) in [5.41, 5.74) is 5.21. The Hall–Kier alpha value is -2.01. The van der Waals surface area contributed by atoms with E-state index in [0.29, 0.717) is 4.88 Å². The highest BCUT2D eigenvalue weighted by atomic mass is 32.1. The van der Waals surface area contributed by atoms with E-state index in [1.54, 1.807) is 6.07 Å². The van der Waals surface area contributed by atoms with Crippen molar-refractivity contribution in [3.05, 3.63) is 40.3 Å². The van der Waals surface area contributed by atoms with E-state index in [2.05, 4.69) is 27.3 Å². The second-order valence-corrected chi connectivity index (χ2v) is 6.89. The van der Waals surface area contributed by atoms with Gasteiger partial charge in [-0.25, -0.2) is 0 Å². The summed E-state index contributed by atoms with van der Waals surface area (Å²) in [5.74, 6) is 0. The van der Waals surface area contributed by atoms with Gasteiger partial charge in [-0.2, -0.15) is 0 Å². The molecular formula is C17H17N3OS. The summed E-state index contributed by atoms with van der Waals surface area (Å²) >= 11 is 1.37. The highest BCUT2D eigenvalue weighted by Gasteiger charge is 2.24. The first-order chi connectivity index (χ1) is 10.8. The van der Waals surface area contributed by atoms with Crippen molar-refractivity contribution < 1.29 is 4.79 Å². The van der Waals surface area contributed by atoms with Gasteiger partial charge in [0.25, 0.3) is 0 Å². The predicted molar refractivity (Wildman–Crippen MR) is 89.2 cm³/mol. The van der Waals surface area contributed by atoms with Crippen LogP contribution in [-0.4, -0.2) is 19.4 Å². The topological polar surface area (TPSA) is 45.0 Å². The minimum atomic E-state index is 0.685. The minimum absolute atomic E-state index is 0.685. The number of aldehydes is 1. The van der Waals surface area contributed by atoms with Crippen molar-refractivity contribution in [2.45, 2.75) is 25.7 Å². The molecule has 0 aliphatic carbocycles. The maximum Gasteiger partial charge on any atom is 0.160 e. The minimum Gasteiger partial charge on any atom is -0.371 e. The molecule has 22 heavy (non-hydrogen) atoms. The smallest absolute Gasteiger partial charge is 0.160 e. The summed E-state index contributed by atoms with van der Waals surface area (Å²) in [6.45, 7) is 2.37. The van der Waals surface area contributed by atoms with Gasteiger partial charge in [0.2, 0.25) is 0 Å². The van der Waals surface area contributed by atoms with E-state index in [1.807, 2.05) is 6.07 Å². The highest BCUT2D eigenvalue weighted by Crippen LogP contribution is 2.38. The van der Waals surface area contributed by atoms with Crippen LogP contribution in [0.3, 0.4) is 0 Å². The summed E-state index contributed by atoms with van der Waals surface area (Å²) in [7, 11) is 0. The highest BCUT2D eigenvalue weighted by molar-refractivity contribution is 7.17. The molecule has 0 N–H and O–H groups in total. The second kappa shape index (κ2) is 5.65. The lowest BCUT2D eigenvalue weighted by Gasteiger charge is -2.36. The van der Waals surface area contributed by atoms with Crippen molar-refractivity contribution in [1.29, 1.82) is 0 Å². The fraction of sp³-hybridized carbons (Fsp3) is 0.353. The molecule has 0 radical (unpaired) electrons. The molecule has 5 heteroatoms. The molecule has 0 saturated heterocycles. The fourth-order valence-corrected chi connectivity index (χ4v) is 4.05. The molecule has 4 nitrogen and oxygen atoms in total. The van der Waals surface area contributed by atoms with Gasteiger partial charge in [0.05, 0.1) is 10.6 Å². The SMILES string of the molecule is O=Cc1ccc(N=Nc2cc3c4c(c2)CCCN4CCC3)s1. The van der Waals surface area contributed by atoms with Crippen LogP contribution in [0.15, 0.2) is 34.5 Å². The van der Waals surface area contributed by atoms with Gasteiger partial charge in [-0.1, -0.05) is 0 Å². The lowest BCUT2D eigenvalue weighted by atomic mass is 9.91. The Morgan fingerprint density at radius 2 is 1.77 bits per heavy atom. The number of hydrogen-bond acceptors (Lipinski definition) is 5. The number of hydrogen-bond donors (Lipinski definition) is 0. The molecule has 112 valence electrons. The van der Waals surface area contributed by atoms with E-state index < -0.39 is 0 Å². The zero-order valence-electron chi connectivity index (χ0n) is 12.3. The van der Waals surface area contributed by atoms with Crippen LogP contribution in [0.25, 0.3) is 0 Å². The predicted octanol–water partition coefficient (Wildman–Crippen LogP) is 4.67. The van der Waals surface area contributed by atoms with E-state index in [0.717, 1.165) is 29.8 Å². The molecule has 1 aromatic carbocycles. The Morgan fingerprint density at radius 3 is 2.41 bits per heavy atom. The third-order valence-electron chi connectivity index (χ3n) is 4.31. The standard InChI is InChI=1S/C17H17N3OS/c21-11-15-5-6-16(22-15)19-18-14-9-12-3-1-7-20-8-2-4-13(10-14)17(12)20/h5-6,9-11H,1-4,7-8H2. The molecule has 4 rings (SSSR count). The summed E-state index contributed by atoms with van der Waals surface area (Å²) in [6, 6.07) is 7.96. The van der Waals surface area contributed by atoms with Gasteiger partial charge in [-0.3, -0.25) is 4.79 Å². The van der Waals surface area contributed by atoms with Gasteiger partial charge in [-0.15, -0.1) is 21.6 Å². The van der Waals surface area contributed by atoms with Crippen molar-refractivity contribution >= 4 is 34.0 Å². The molecule has 0 amide bonds. The van der Waals surface area contributed by atoms with Gasteiger partial charge < -0.3 is 4.90 Å². The average Bonchev–Trinajstić information content (AvgIpc) is 3.02. The number of carbonyl (C=O) groups excluding carboxylic acids is 1. The molecule has 0 bridgehead atoms. The van der Waals surface area contributed by atoms with Crippen LogP contribution < -0.4 is 4.90 Å². The molecule has 3 heterocycles. The maximum absolute atomic E-state index is 10.7. The van der Waals surface area contributed by atoms with Crippen LogP contribution in [0.5, 0.6) is 0 Å². The number of thiophene rings is 1. The Bertz CT molecular complexity index is 719. The number of azo groups is 1. The molecule has 1 aromatic heterocycles. The molecule has 0 unspecified atom stereocenters. The second-order valence-electron chi connectivity index (χ2n) is 5.80. The van der Waals surface area contributed by atoms with Crippen molar-refractivity contribution in [3.63, 3.8) is 0 Å². The summed E-state index contributed by atoms with van der Waals surface area (Å²) in [4.78, 5) is 13.9. The van der Waals surface area contributed by atoms with Gasteiger partial charge in [0.15, 0.2) is 6.29 Å². The van der Waals surface area contributed by atoms with Gasteiger partial charge >= 0.3 is 0 Å². The Morgan fingerprint density at radius 1 is 1.05 bits per heavy atom. The quantitative estimate of drug-likeness (QED) is 0.610. The molecule has 0 spiro atoms. The summed E-state index contributed by atoms with van der Waals surface area (Å²) in [6.07, 6.45) is 5.57. The first-order valence-electron chi connectivity index (χ1n) is 7.71. The van der Waals surface area contributed by atoms with Gasteiger partial charge in [-0.05, 0) is 61.1 Å². The number of aryl methyl sites for hydroxylation is 2. The van der Waals surface area contributed by atoms with Crippen LogP contribution in [-0.2, 0) is 12.8 Å². The van der Waals surface area contributed by atoms with Crippen LogP contribution in [0.4, 0.5) is 16.4 Å². The molecule has 2 aromatic rings. The molecule has 0 saturated carbocycles. The van der Waals surface area contributed by atoms with Crippen LogP contribution in [0, 0.1) is 0 Å². The normalized spacial score (nSPS) is 16.8. The first-order valence-corrected chi connectivity index (χ1v) is 8.52. The Labute approximate surface area is 133 Å². The lowest BCUT2D eigenvalue weighted by molar-refractivity contribution is 0.112. The first kappa shape index (κ1) is 13.6. The van der Waals surface area contributed by atoms with E-state index in [9.17, 15) is 4.79 Å². The zero-order chi connectivity index (χ0) is 14.9. The van der Waals surface area contributed by atoms with Crippen LogP contribution >= 0.6 is 11.3 Å². The average molecular weight is 311 g/mol. The number of benzene rings is 1. The summed E-state index contributed by atoms with van der Waals surface area (Å²) < 4.78 is 0. The zero-order valence-corrected chi connectivity index (χ0v) is 13.1. The molecule has 0 fully saturated rings. The molecule has 2 aliphatic rings. The van der Waals surface area contributed by atoms with Crippen molar-refractivity contribution in [3.8, 4) is 0 Å². The maximum atomic E-state index is 10.7. The summed E-state index contributed by atoms with van der Waals surface area (Å²) in [5, 5.41) is 9.44.